The Morgan fingerprint density at radius 1 is 1.14 bits per heavy atom. The number of hydrogen-bond acceptors (Lipinski definition) is 1. The largest absolute Gasteiger partial charge is 0.412 e. The summed E-state index contributed by atoms with van der Waals surface area (Å²) < 4.78 is 3.25. The van der Waals surface area contributed by atoms with Crippen molar-refractivity contribution in [2.75, 3.05) is 0 Å². The summed E-state index contributed by atoms with van der Waals surface area (Å²) in [7, 11) is 0. The molecule has 0 aliphatic rings. The molecule has 4 heteroatoms. The second kappa shape index (κ2) is 18.9. The van der Waals surface area contributed by atoms with Gasteiger partial charge in [-0.2, -0.15) is 0 Å². The molecule has 0 fully saturated rings. The molecule has 0 aromatic rings. The molecule has 0 atom stereocenters. The molecule has 0 rings (SSSR count). The number of carboxylic acids is 1. The van der Waals surface area contributed by atoms with Crippen LogP contribution in [-0.2, 0) is 4.79 Å². The van der Waals surface area contributed by atoms with Gasteiger partial charge >= 0.3 is 69.5 Å². The van der Waals surface area contributed by atoms with Crippen molar-refractivity contribution < 1.29 is 15.4 Å². The van der Waals surface area contributed by atoms with E-state index in [4.69, 9.17) is 9.90 Å². The van der Waals surface area contributed by atoms with Gasteiger partial charge in [-0.3, -0.25) is 4.79 Å². The van der Waals surface area contributed by atoms with E-state index < -0.39 is 5.97 Å². The van der Waals surface area contributed by atoms with Crippen LogP contribution in [0.3, 0.4) is 0 Å². The number of unbranched alkanes of at least 4 members (excludes halogenated alkanes) is 2. The van der Waals surface area contributed by atoms with Gasteiger partial charge in [0.25, 0.3) is 5.97 Å². The normalized spacial score (nSPS) is 8.21. The predicted octanol–water partition coefficient (Wildman–Crippen LogP) is 2.39. The van der Waals surface area contributed by atoms with Gasteiger partial charge in [0.15, 0.2) is 0 Å². The van der Waals surface area contributed by atoms with Crippen molar-refractivity contribution in [1.82, 2.24) is 0 Å². The molecule has 0 spiro atoms. The maximum absolute atomic E-state index is 9.00. The van der Waals surface area contributed by atoms with Crippen molar-refractivity contribution in [3.05, 3.63) is 0 Å². The number of carboxylic acid groups (broad SMARTS) is 1. The van der Waals surface area contributed by atoms with Crippen LogP contribution in [0.25, 0.3) is 0 Å². The van der Waals surface area contributed by atoms with E-state index >= 15 is 0 Å². The maximum atomic E-state index is 9.00. The molecule has 0 aliphatic carbocycles. The maximum Gasteiger partial charge on any atom is -0.412 e. The molecule has 0 saturated heterocycles. The van der Waals surface area contributed by atoms with E-state index in [1.54, 1.807) is 8.87 Å². The van der Waals surface area contributed by atoms with Crippen molar-refractivity contribution in [2.24, 2.45) is 0 Å². The number of aliphatic carboxylic acids is 1. The molecular weight excluding hydrogens is 287 g/mol. The smallest absolute Gasteiger partial charge is 0.412 e. The zero-order chi connectivity index (χ0) is 10.5. The molecule has 0 aromatic heterocycles. The van der Waals surface area contributed by atoms with Crippen LogP contribution in [0.1, 0.15) is 46.5 Å². The van der Waals surface area contributed by atoms with Crippen molar-refractivity contribution in [3.8, 4) is 0 Å². The fraction of sp³-hybridized carbons (Fsp3) is 0.900. The Morgan fingerprint density at radius 3 is 1.64 bits per heavy atom. The van der Waals surface area contributed by atoms with Crippen LogP contribution in [0.4, 0.5) is 0 Å². The van der Waals surface area contributed by atoms with E-state index in [1.807, 2.05) is 0 Å². The van der Waals surface area contributed by atoms with Gasteiger partial charge in [0.05, 0.1) is 0 Å². The molecular formula is C10H24O3Sn. The third kappa shape index (κ3) is 39.7. The third-order valence-electron chi connectivity index (χ3n) is 1.41. The van der Waals surface area contributed by atoms with E-state index in [-0.39, 0.29) is 26.6 Å². The first-order valence-electron chi connectivity index (χ1n) is 5.05. The molecule has 0 aromatic carbocycles. The molecule has 0 bridgehead atoms. The topological polar surface area (TPSA) is 68.8 Å². The van der Waals surface area contributed by atoms with Gasteiger partial charge in [-0.1, -0.05) is 0 Å². The summed E-state index contributed by atoms with van der Waals surface area (Å²) in [5, 5.41) is 7.42. The van der Waals surface area contributed by atoms with Gasteiger partial charge in [0.2, 0.25) is 0 Å². The van der Waals surface area contributed by atoms with Crippen molar-refractivity contribution in [2.45, 2.75) is 55.3 Å². The molecule has 2 radical (unpaired) electrons. The Morgan fingerprint density at radius 2 is 1.43 bits per heavy atom. The minimum absolute atomic E-state index is 0. The summed E-state index contributed by atoms with van der Waals surface area (Å²) in [6.07, 6.45) is 5.84. The second-order valence-corrected chi connectivity index (χ2v) is 7.26. The zero-order valence-corrected chi connectivity index (χ0v) is 12.5. The second-order valence-electron chi connectivity index (χ2n) is 2.98. The van der Waals surface area contributed by atoms with E-state index in [1.165, 1.54) is 25.7 Å². The van der Waals surface area contributed by atoms with Crippen molar-refractivity contribution >= 4 is 27.1 Å². The summed E-state index contributed by atoms with van der Waals surface area (Å²) in [6.45, 7) is 5.67. The van der Waals surface area contributed by atoms with Gasteiger partial charge in [0.1, 0.15) is 0 Å². The Balaban J connectivity index is -0.000000209. The van der Waals surface area contributed by atoms with Crippen molar-refractivity contribution in [1.29, 1.82) is 0 Å². The fourth-order valence-electron chi connectivity index (χ4n) is 0.729. The fourth-order valence-corrected chi connectivity index (χ4v) is 4.89. The van der Waals surface area contributed by atoms with Crippen LogP contribution in [0.15, 0.2) is 0 Å². The van der Waals surface area contributed by atoms with E-state index in [0.717, 1.165) is 6.92 Å². The molecule has 3 N–H and O–H groups in total. The molecule has 0 amide bonds. The minimum Gasteiger partial charge on any atom is -0.412 e. The van der Waals surface area contributed by atoms with Gasteiger partial charge in [0, 0.05) is 6.92 Å². The summed E-state index contributed by atoms with van der Waals surface area (Å²) in [5.74, 6) is -0.833. The van der Waals surface area contributed by atoms with Crippen LogP contribution >= 0.6 is 0 Å². The van der Waals surface area contributed by atoms with Gasteiger partial charge in [-0.25, -0.2) is 0 Å². The van der Waals surface area contributed by atoms with Gasteiger partial charge < -0.3 is 10.6 Å². The summed E-state index contributed by atoms with van der Waals surface area (Å²) in [6, 6.07) is 0. The van der Waals surface area contributed by atoms with Crippen molar-refractivity contribution in [3.63, 3.8) is 0 Å². The summed E-state index contributed by atoms with van der Waals surface area (Å²) >= 11 is 0.149. The average Bonchev–Trinajstić information content (AvgIpc) is 2.03. The Labute approximate surface area is 97.8 Å². The standard InChI is InChI=1S/2C4H9.C2H4O2.H2O.Sn/c2*1-3-4-2;1-2(3)4;;/h2*1,3-4H2,2H3;1H3,(H,3,4);1H2;. The van der Waals surface area contributed by atoms with E-state index in [0.29, 0.717) is 0 Å². The molecule has 3 nitrogen and oxygen atoms in total. The molecule has 0 heterocycles. The Bertz CT molecular complexity index is 97.5. The third-order valence-corrected chi connectivity index (χ3v) is 5.45. The van der Waals surface area contributed by atoms with E-state index in [9.17, 15) is 0 Å². The van der Waals surface area contributed by atoms with Crippen LogP contribution in [0.2, 0.25) is 8.87 Å². The molecule has 86 valence electrons. The molecule has 14 heavy (non-hydrogen) atoms. The zero-order valence-electron chi connectivity index (χ0n) is 9.60. The molecule has 0 unspecified atom stereocenters. The monoisotopic (exact) mass is 312 g/mol. The quantitative estimate of drug-likeness (QED) is 0.604. The van der Waals surface area contributed by atoms with Crippen LogP contribution in [0, 0.1) is 0 Å². The summed E-state index contributed by atoms with van der Waals surface area (Å²) in [4.78, 5) is 9.00. The molecule has 0 saturated carbocycles. The van der Waals surface area contributed by atoms with Gasteiger partial charge in [-0.05, 0) is 0 Å². The first-order valence-corrected chi connectivity index (χ1v) is 9.09. The minimum atomic E-state index is -0.833. The summed E-state index contributed by atoms with van der Waals surface area (Å²) in [5.41, 5.74) is 0. The average molecular weight is 311 g/mol. The predicted molar refractivity (Wildman–Crippen MR) is 62.1 cm³/mol. The number of rotatable bonds is 6. The SMILES string of the molecule is CC(=O)O.CCC[CH2][Sn][CH2]CCC.O. The number of carbonyl (C=O) groups is 1. The van der Waals surface area contributed by atoms with E-state index in [2.05, 4.69) is 13.8 Å². The molecule has 0 aliphatic heterocycles. The first-order chi connectivity index (χ1) is 6.15. The van der Waals surface area contributed by atoms with Crippen LogP contribution in [-0.4, -0.2) is 37.7 Å². The van der Waals surface area contributed by atoms with Crippen LogP contribution in [0.5, 0.6) is 0 Å². The Kier molecular flexibility index (Phi) is 26.7. The van der Waals surface area contributed by atoms with Crippen LogP contribution < -0.4 is 0 Å². The van der Waals surface area contributed by atoms with Gasteiger partial charge in [-0.15, -0.1) is 0 Å². The number of hydrogen-bond donors (Lipinski definition) is 1. The first kappa shape index (κ1) is 19.7. The Hall–Kier alpha value is 0.229.